The fraction of sp³-hybridized carbons (Fsp3) is 0.308. The van der Waals surface area contributed by atoms with Crippen molar-refractivity contribution in [1.82, 2.24) is 4.98 Å². The van der Waals surface area contributed by atoms with Gasteiger partial charge in [0.15, 0.2) is 17.2 Å². The molecule has 4 rings (SSSR count). The molecule has 1 fully saturated rings. The topological polar surface area (TPSA) is 71.5 Å². The Labute approximate surface area is 216 Å². The van der Waals surface area contributed by atoms with Gasteiger partial charge in [0.05, 0.1) is 16.5 Å². The number of hydrogen-bond acceptors (Lipinski definition) is 4. The number of aromatic nitrogens is 1. The summed E-state index contributed by atoms with van der Waals surface area (Å²) in [5.41, 5.74) is -0.0124. The highest BCUT2D eigenvalue weighted by molar-refractivity contribution is 6.34. The van der Waals surface area contributed by atoms with Gasteiger partial charge in [-0.05, 0) is 49.9 Å². The predicted molar refractivity (Wildman–Crippen MR) is 131 cm³/mol. The molecule has 1 aromatic heterocycles. The minimum Gasteiger partial charge on any atom is -0.478 e. The number of alkyl halides is 2. The molecule has 0 saturated heterocycles. The van der Waals surface area contributed by atoms with Crippen molar-refractivity contribution in [3.05, 3.63) is 87.4 Å². The smallest absolute Gasteiger partial charge is 0.298 e. The lowest BCUT2D eigenvalue weighted by molar-refractivity contribution is -0.115. The first-order valence-electron chi connectivity index (χ1n) is 11.3. The number of pyridine rings is 1. The lowest BCUT2D eigenvalue weighted by atomic mass is 9.77. The van der Waals surface area contributed by atoms with E-state index in [2.05, 4.69) is 10.3 Å². The van der Waals surface area contributed by atoms with Crippen LogP contribution >= 0.6 is 23.2 Å². The number of amides is 1. The number of ether oxygens (including phenoxy) is 1. The number of halogens is 5. The van der Waals surface area contributed by atoms with Gasteiger partial charge in [-0.15, -0.1) is 0 Å². The van der Waals surface area contributed by atoms with Gasteiger partial charge < -0.3 is 15.2 Å². The Hall–Kier alpha value is -2.81. The third kappa shape index (κ3) is 5.45. The monoisotopic (exact) mass is 538 g/mol. The summed E-state index contributed by atoms with van der Waals surface area (Å²) in [4.78, 5) is 16.7. The van der Waals surface area contributed by atoms with Crippen LogP contribution in [0.15, 0.2) is 54.7 Å². The Morgan fingerprint density at radius 2 is 1.89 bits per heavy atom. The molecule has 1 amide bonds. The van der Waals surface area contributed by atoms with Crippen LogP contribution < -0.4 is 10.1 Å². The molecule has 36 heavy (non-hydrogen) atoms. The number of benzene rings is 2. The van der Waals surface area contributed by atoms with Gasteiger partial charge in [0.1, 0.15) is 11.8 Å². The van der Waals surface area contributed by atoms with Crippen LogP contribution in [-0.2, 0) is 22.7 Å². The summed E-state index contributed by atoms with van der Waals surface area (Å²) in [6.07, 6.45) is 1.61. The van der Waals surface area contributed by atoms with Crippen LogP contribution in [0.2, 0.25) is 10.0 Å². The predicted octanol–water partition coefficient (Wildman–Crippen LogP) is 6.64. The van der Waals surface area contributed by atoms with E-state index in [4.69, 9.17) is 27.9 Å². The number of carbonyl (C=O) groups is 1. The van der Waals surface area contributed by atoms with E-state index in [1.165, 1.54) is 42.6 Å². The molecule has 10 heteroatoms. The van der Waals surface area contributed by atoms with Crippen molar-refractivity contribution in [3.63, 3.8) is 0 Å². The number of nitrogens with one attached hydrogen (secondary N) is 1. The quantitative estimate of drug-likeness (QED) is 0.337. The number of carbonyl (C=O) groups excluding carboxylic acids is 1. The third-order valence-corrected chi connectivity index (χ3v) is 6.64. The summed E-state index contributed by atoms with van der Waals surface area (Å²) in [6, 6.07) is 10.7. The van der Waals surface area contributed by atoms with E-state index in [1.54, 1.807) is 6.07 Å². The maximum Gasteiger partial charge on any atom is 0.298 e. The van der Waals surface area contributed by atoms with E-state index in [0.29, 0.717) is 34.1 Å². The van der Waals surface area contributed by atoms with Crippen molar-refractivity contribution in [1.29, 1.82) is 0 Å². The Morgan fingerprint density at radius 3 is 2.44 bits per heavy atom. The summed E-state index contributed by atoms with van der Waals surface area (Å²) in [5.74, 6) is -4.52. The zero-order valence-electron chi connectivity index (χ0n) is 19.2. The van der Waals surface area contributed by atoms with Crippen molar-refractivity contribution in [2.24, 2.45) is 0 Å². The third-order valence-electron chi connectivity index (χ3n) is 6.15. The molecule has 1 saturated carbocycles. The maximum atomic E-state index is 14.9. The average molecular weight is 539 g/mol. The van der Waals surface area contributed by atoms with Crippen LogP contribution in [-0.4, -0.2) is 22.1 Å². The van der Waals surface area contributed by atoms with Gasteiger partial charge in [0.2, 0.25) is 5.91 Å². The molecule has 5 nitrogen and oxygen atoms in total. The molecule has 0 bridgehead atoms. The number of rotatable bonds is 8. The van der Waals surface area contributed by atoms with Gasteiger partial charge in [-0.2, -0.15) is 8.78 Å². The Morgan fingerprint density at radius 1 is 1.19 bits per heavy atom. The molecule has 1 heterocycles. The standard InChI is InChI=1S/C26H23Cl2F3N2O3/c1-15(34)26(30,31)17-5-3-16(4-6-17)11-23(35)33-19-7-8-22(21(29)13-19)36-25(9-2-10-25)24-20(28)12-18(27)14-32-24/h3-8,12-15,34H,2,9-11H2,1H3,(H,33,35). The van der Waals surface area contributed by atoms with Gasteiger partial charge >= 0.3 is 0 Å². The Balaban J connectivity index is 1.42. The van der Waals surface area contributed by atoms with Gasteiger partial charge in [-0.3, -0.25) is 9.78 Å². The minimum absolute atomic E-state index is 0.00450. The summed E-state index contributed by atoms with van der Waals surface area (Å²) in [7, 11) is 0. The van der Waals surface area contributed by atoms with Crippen molar-refractivity contribution in [2.45, 2.75) is 50.2 Å². The molecule has 1 atom stereocenters. The molecular weight excluding hydrogens is 516 g/mol. The molecule has 0 aliphatic heterocycles. The van der Waals surface area contributed by atoms with E-state index in [1.807, 2.05) is 0 Å². The number of nitrogens with zero attached hydrogens (tertiary/aromatic N) is 1. The van der Waals surface area contributed by atoms with E-state index >= 15 is 0 Å². The molecule has 1 aliphatic carbocycles. The van der Waals surface area contributed by atoms with Crippen LogP contribution in [0.1, 0.15) is 43.0 Å². The first-order valence-corrected chi connectivity index (χ1v) is 12.0. The summed E-state index contributed by atoms with van der Waals surface area (Å²) in [6.45, 7) is 1.01. The second kappa shape index (κ2) is 10.3. The fourth-order valence-electron chi connectivity index (χ4n) is 3.98. The van der Waals surface area contributed by atoms with Gasteiger partial charge in [0, 0.05) is 23.5 Å². The molecule has 0 radical (unpaired) electrons. The maximum absolute atomic E-state index is 14.9. The average Bonchev–Trinajstić information content (AvgIpc) is 2.78. The molecular formula is C26H23Cl2F3N2O3. The van der Waals surface area contributed by atoms with E-state index < -0.39 is 29.4 Å². The van der Waals surface area contributed by atoms with E-state index in [0.717, 1.165) is 19.4 Å². The number of hydrogen-bond donors (Lipinski definition) is 2. The zero-order valence-corrected chi connectivity index (χ0v) is 20.7. The molecule has 1 unspecified atom stereocenters. The highest BCUT2D eigenvalue weighted by atomic mass is 35.5. The molecule has 2 N–H and O–H groups in total. The summed E-state index contributed by atoms with van der Waals surface area (Å²) in [5, 5.41) is 12.6. The van der Waals surface area contributed by atoms with Crippen molar-refractivity contribution in [2.75, 3.05) is 5.32 Å². The number of anilines is 1. The van der Waals surface area contributed by atoms with Crippen LogP contribution in [0.25, 0.3) is 0 Å². The largest absolute Gasteiger partial charge is 0.478 e. The van der Waals surface area contributed by atoms with Crippen molar-refractivity contribution >= 4 is 34.8 Å². The SMILES string of the molecule is CC(O)C(F)(F)c1ccc(CC(=O)Nc2ccc(OC3(c4ncc(Cl)cc4Cl)CCC3)c(F)c2)cc1. The van der Waals surface area contributed by atoms with Gasteiger partial charge in [-0.1, -0.05) is 47.5 Å². The molecule has 1 aliphatic rings. The number of aliphatic hydroxyl groups is 1. The van der Waals surface area contributed by atoms with Crippen molar-refractivity contribution < 1.29 is 27.8 Å². The van der Waals surface area contributed by atoms with Crippen LogP contribution in [0.3, 0.4) is 0 Å². The normalized spacial score (nSPS) is 15.6. The molecule has 0 spiro atoms. The first-order chi connectivity index (χ1) is 17.0. The number of aliphatic hydroxyl groups excluding tert-OH is 1. The van der Waals surface area contributed by atoms with E-state index in [-0.39, 0.29) is 23.4 Å². The second-order valence-electron chi connectivity index (χ2n) is 8.80. The van der Waals surface area contributed by atoms with Crippen LogP contribution in [0.4, 0.5) is 18.9 Å². The van der Waals surface area contributed by atoms with Crippen LogP contribution in [0, 0.1) is 5.82 Å². The first kappa shape index (κ1) is 26.3. The van der Waals surface area contributed by atoms with Gasteiger partial charge in [0.25, 0.3) is 5.92 Å². The van der Waals surface area contributed by atoms with Gasteiger partial charge in [-0.25, -0.2) is 4.39 Å². The molecule has 190 valence electrons. The fourth-order valence-corrected chi connectivity index (χ4v) is 4.54. The lowest BCUT2D eigenvalue weighted by Gasteiger charge is -2.41. The lowest BCUT2D eigenvalue weighted by Crippen LogP contribution is -2.41. The molecule has 3 aromatic rings. The van der Waals surface area contributed by atoms with E-state index in [9.17, 15) is 23.1 Å². The zero-order chi connectivity index (χ0) is 26.1. The Kier molecular flexibility index (Phi) is 7.50. The summed E-state index contributed by atoms with van der Waals surface area (Å²) < 4.78 is 48.7. The highest BCUT2D eigenvalue weighted by Crippen LogP contribution is 2.47. The molecule has 2 aromatic carbocycles. The van der Waals surface area contributed by atoms with Crippen molar-refractivity contribution in [3.8, 4) is 5.75 Å². The second-order valence-corrected chi connectivity index (χ2v) is 9.64. The highest BCUT2D eigenvalue weighted by Gasteiger charge is 2.44. The van der Waals surface area contributed by atoms with Crippen LogP contribution in [0.5, 0.6) is 5.75 Å². The summed E-state index contributed by atoms with van der Waals surface area (Å²) >= 11 is 12.2. The minimum atomic E-state index is -3.39. The Bertz CT molecular complexity index is 1270.